The Morgan fingerprint density at radius 1 is 1.41 bits per heavy atom. The molecule has 6 nitrogen and oxygen atoms in total. The molecule has 0 unspecified atom stereocenters. The summed E-state index contributed by atoms with van der Waals surface area (Å²) in [6, 6.07) is 1.66. The van der Waals surface area contributed by atoms with Gasteiger partial charge in [-0.15, -0.1) is 11.3 Å². The third-order valence-corrected chi connectivity index (χ3v) is 3.98. The number of nitrogens with zero attached hydrogens (tertiary/aromatic N) is 2. The first-order valence-corrected chi connectivity index (χ1v) is 8.47. The maximum absolute atomic E-state index is 14.0. The summed E-state index contributed by atoms with van der Waals surface area (Å²) in [5.41, 5.74) is 1.63. The summed E-state index contributed by atoms with van der Waals surface area (Å²) >= 11 is 1.17. The van der Waals surface area contributed by atoms with Crippen LogP contribution in [0.3, 0.4) is 0 Å². The second-order valence-corrected chi connectivity index (χ2v) is 5.90. The molecule has 2 aromatic rings. The number of ether oxygens (including phenoxy) is 2. The van der Waals surface area contributed by atoms with Crippen LogP contribution in [0.4, 0.5) is 22.7 Å². The van der Waals surface area contributed by atoms with E-state index in [1.807, 2.05) is 0 Å². The van der Waals surface area contributed by atoms with Gasteiger partial charge in [-0.3, -0.25) is 10.2 Å². The Bertz CT molecular complexity index is 837. The zero-order valence-corrected chi connectivity index (χ0v) is 15.1. The predicted molar refractivity (Wildman–Crippen MR) is 91.6 cm³/mol. The first-order chi connectivity index (χ1) is 12.8. The molecule has 0 atom stereocenters. The first kappa shape index (κ1) is 20.6. The quantitative estimate of drug-likeness (QED) is 0.328. The van der Waals surface area contributed by atoms with Crippen molar-refractivity contribution in [2.75, 3.05) is 19.1 Å². The van der Waals surface area contributed by atoms with Gasteiger partial charge in [-0.05, 0) is 19.1 Å². The Balaban J connectivity index is 2.09. The van der Waals surface area contributed by atoms with E-state index < -0.39 is 29.3 Å². The van der Waals surface area contributed by atoms with Crippen LogP contribution in [0.5, 0.6) is 5.75 Å². The third kappa shape index (κ3) is 5.39. The third-order valence-electron chi connectivity index (χ3n) is 3.18. The van der Waals surface area contributed by atoms with Gasteiger partial charge in [0.1, 0.15) is 0 Å². The van der Waals surface area contributed by atoms with Gasteiger partial charge in [-0.25, -0.2) is 9.37 Å². The summed E-state index contributed by atoms with van der Waals surface area (Å²) in [4.78, 5) is 15.5. The van der Waals surface area contributed by atoms with Crippen LogP contribution in [0.25, 0.3) is 0 Å². The number of alkyl halides is 3. The molecule has 0 radical (unpaired) electrons. The van der Waals surface area contributed by atoms with Crippen LogP contribution in [-0.4, -0.2) is 30.9 Å². The molecular formula is C16H15F4N3O3S. The number of benzene rings is 1. The molecule has 1 heterocycles. The molecule has 0 aliphatic heterocycles. The lowest BCUT2D eigenvalue weighted by molar-refractivity contribution is -0.142. The topological polar surface area (TPSA) is 72.8 Å². The van der Waals surface area contributed by atoms with Gasteiger partial charge in [0.2, 0.25) is 5.13 Å². The molecule has 0 bridgehead atoms. The van der Waals surface area contributed by atoms with E-state index in [-0.39, 0.29) is 18.6 Å². The molecule has 2 rings (SSSR count). The SMILES string of the molecule is CCOC(=O)Cc1csc(NN=Cc2ccc(C(F)(F)F)c(F)c2OC)n1. The summed E-state index contributed by atoms with van der Waals surface area (Å²) in [7, 11) is 1.06. The lowest BCUT2D eigenvalue weighted by Gasteiger charge is -2.12. The van der Waals surface area contributed by atoms with E-state index in [1.165, 1.54) is 11.3 Å². The number of esters is 1. The van der Waals surface area contributed by atoms with Gasteiger partial charge >= 0.3 is 12.1 Å². The molecule has 0 aliphatic carbocycles. The van der Waals surface area contributed by atoms with E-state index in [1.54, 1.807) is 12.3 Å². The second-order valence-electron chi connectivity index (χ2n) is 5.04. The number of nitrogens with one attached hydrogen (secondary N) is 1. The molecule has 27 heavy (non-hydrogen) atoms. The zero-order chi connectivity index (χ0) is 20.0. The Hall–Kier alpha value is -2.69. The fourth-order valence-corrected chi connectivity index (χ4v) is 2.71. The van der Waals surface area contributed by atoms with Gasteiger partial charge < -0.3 is 9.47 Å². The van der Waals surface area contributed by atoms with Crippen LogP contribution in [0.15, 0.2) is 22.6 Å². The van der Waals surface area contributed by atoms with Gasteiger partial charge in [0, 0.05) is 10.9 Å². The highest BCUT2D eigenvalue weighted by Gasteiger charge is 2.36. The Morgan fingerprint density at radius 3 is 2.78 bits per heavy atom. The largest absolute Gasteiger partial charge is 0.493 e. The van der Waals surface area contributed by atoms with E-state index >= 15 is 0 Å². The van der Waals surface area contributed by atoms with Crippen LogP contribution in [0.2, 0.25) is 0 Å². The van der Waals surface area contributed by atoms with Crippen molar-refractivity contribution >= 4 is 28.7 Å². The van der Waals surface area contributed by atoms with Gasteiger partial charge in [0.05, 0.1) is 37.6 Å². The zero-order valence-electron chi connectivity index (χ0n) is 14.3. The van der Waals surface area contributed by atoms with Crippen molar-refractivity contribution in [3.8, 4) is 5.75 Å². The molecule has 1 N–H and O–H groups in total. The van der Waals surface area contributed by atoms with Crippen molar-refractivity contribution in [1.29, 1.82) is 0 Å². The number of thiazole rings is 1. The van der Waals surface area contributed by atoms with E-state index in [9.17, 15) is 22.4 Å². The number of aromatic nitrogens is 1. The molecule has 146 valence electrons. The summed E-state index contributed by atoms with van der Waals surface area (Å²) in [5, 5.41) is 5.79. The number of hydrogen-bond donors (Lipinski definition) is 1. The van der Waals surface area contributed by atoms with E-state index in [2.05, 4.69) is 15.5 Å². The van der Waals surface area contributed by atoms with Gasteiger partial charge in [-0.1, -0.05) is 0 Å². The highest BCUT2D eigenvalue weighted by molar-refractivity contribution is 7.13. The Kier molecular flexibility index (Phi) is 6.72. The van der Waals surface area contributed by atoms with Crippen molar-refractivity contribution in [3.05, 3.63) is 40.2 Å². The molecule has 1 aromatic heterocycles. The van der Waals surface area contributed by atoms with Gasteiger partial charge in [0.25, 0.3) is 0 Å². The molecule has 0 saturated heterocycles. The van der Waals surface area contributed by atoms with Crippen molar-refractivity contribution in [1.82, 2.24) is 4.98 Å². The van der Waals surface area contributed by atoms with Crippen molar-refractivity contribution in [3.63, 3.8) is 0 Å². The molecule has 1 aromatic carbocycles. The molecule has 11 heteroatoms. The standard InChI is InChI=1S/C16H15F4N3O3S/c1-3-26-12(24)6-10-8-27-15(22-10)23-21-7-9-4-5-11(16(18,19)20)13(17)14(9)25-2/h4-5,7-8H,3,6H2,1-2H3,(H,22,23). The number of methoxy groups -OCH3 is 1. The monoisotopic (exact) mass is 405 g/mol. The minimum Gasteiger partial charge on any atom is -0.493 e. The summed E-state index contributed by atoms with van der Waals surface area (Å²) < 4.78 is 61.7. The number of carbonyl (C=O) groups excluding carboxylic acids is 1. The average Bonchev–Trinajstić information content (AvgIpc) is 3.01. The molecule has 0 aliphatic rings. The molecule has 0 spiro atoms. The van der Waals surface area contributed by atoms with Crippen molar-refractivity contribution in [2.24, 2.45) is 5.10 Å². The van der Waals surface area contributed by atoms with Crippen LogP contribution in [0.1, 0.15) is 23.7 Å². The molecule has 0 saturated carbocycles. The number of carbonyl (C=O) groups is 1. The maximum Gasteiger partial charge on any atom is 0.419 e. The van der Waals surface area contributed by atoms with Crippen LogP contribution in [-0.2, 0) is 22.1 Å². The number of anilines is 1. The average molecular weight is 405 g/mol. The number of halogens is 4. The fourth-order valence-electron chi connectivity index (χ4n) is 2.06. The number of hydrogen-bond acceptors (Lipinski definition) is 7. The Labute approximate surface area is 155 Å². The lowest BCUT2D eigenvalue weighted by atomic mass is 10.1. The fraction of sp³-hybridized carbons (Fsp3) is 0.312. The van der Waals surface area contributed by atoms with E-state index in [4.69, 9.17) is 9.47 Å². The second kappa shape index (κ2) is 8.80. The van der Waals surface area contributed by atoms with Crippen molar-refractivity contribution in [2.45, 2.75) is 19.5 Å². The number of rotatable bonds is 7. The predicted octanol–water partition coefficient (Wildman–Crippen LogP) is 3.86. The highest BCUT2D eigenvalue weighted by Crippen LogP contribution is 2.36. The summed E-state index contributed by atoms with van der Waals surface area (Å²) in [5.74, 6) is -2.50. The van der Waals surface area contributed by atoms with Gasteiger partial charge in [-0.2, -0.15) is 18.3 Å². The highest BCUT2D eigenvalue weighted by atomic mass is 32.1. The maximum atomic E-state index is 14.0. The molecular weight excluding hydrogens is 390 g/mol. The Morgan fingerprint density at radius 2 is 2.15 bits per heavy atom. The van der Waals surface area contributed by atoms with E-state index in [0.717, 1.165) is 19.4 Å². The van der Waals surface area contributed by atoms with E-state index in [0.29, 0.717) is 16.9 Å². The minimum absolute atomic E-state index is 0.00761. The minimum atomic E-state index is -4.83. The van der Waals surface area contributed by atoms with Crippen LogP contribution >= 0.6 is 11.3 Å². The summed E-state index contributed by atoms with van der Waals surface area (Å²) in [6.07, 6.45) is -3.72. The normalized spacial score (nSPS) is 11.6. The summed E-state index contributed by atoms with van der Waals surface area (Å²) in [6.45, 7) is 1.96. The van der Waals surface area contributed by atoms with Crippen LogP contribution < -0.4 is 10.2 Å². The first-order valence-electron chi connectivity index (χ1n) is 7.59. The van der Waals surface area contributed by atoms with Crippen molar-refractivity contribution < 1.29 is 31.8 Å². The molecule has 0 fully saturated rings. The lowest BCUT2D eigenvalue weighted by Crippen LogP contribution is -2.10. The number of hydrazone groups is 1. The smallest absolute Gasteiger partial charge is 0.419 e. The van der Waals surface area contributed by atoms with Gasteiger partial charge in [0.15, 0.2) is 11.6 Å². The van der Waals surface area contributed by atoms with Crippen LogP contribution in [0, 0.1) is 5.82 Å². The molecule has 0 amide bonds.